The molecule has 0 spiro atoms. The lowest BCUT2D eigenvalue weighted by molar-refractivity contribution is 0.180. The number of hydrogen-bond acceptors (Lipinski definition) is 6. The molecule has 0 bridgehead atoms. The van der Waals surface area contributed by atoms with Gasteiger partial charge < -0.3 is 19.7 Å². The highest BCUT2D eigenvalue weighted by Crippen LogP contribution is 2.35. The summed E-state index contributed by atoms with van der Waals surface area (Å²) >= 11 is 0. The molecule has 6 heteroatoms. The first-order valence-corrected chi connectivity index (χ1v) is 9.50. The van der Waals surface area contributed by atoms with Crippen LogP contribution in [0.5, 0.6) is 11.6 Å². The summed E-state index contributed by atoms with van der Waals surface area (Å²) in [6, 6.07) is 17.9. The van der Waals surface area contributed by atoms with Crippen molar-refractivity contribution in [1.29, 1.82) is 0 Å². The zero-order valence-corrected chi connectivity index (χ0v) is 15.9. The fourth-order valence-corrected chi connectivity index (χ4v) is 3.50. The van der Waals surface area contributed by atoms with Crippen LogP contribution in [0.25, 0.3) is 0 Å². The quantitative estimate of drug-likeness (QED) is 0.649. The molecule has 0 aliphatic carbocycles. The minimum Gasteiger partial charge on any atom is -0.437 e. The van der Waals surface area contributed by atoms with Gasteiger partial charge in [-0.25, -0.2) is 9.97 Å². The zero-order valence-electron chi connectivity index (χ0n) is 15.9. The first kappa shape index (κ1) is 18.3. The van der Waals surface area contributed by atoms with Crippen molar-refractivity contribution in [2.24, 2.45) is 0 Å². The number of benzene rings is 1. The number of hydrogen-bond donors (Lipinski definition) is 1. The predicted molar refractivity (Wildman–Crippen MR) is 111 cm³/mol. The van der Waals surface area contributed by atoms with E-state index in [9.17, 15) is 0 Å². The topological polar surface area (TPSA) is 59.5 Å². The van der Waals surface area contributed by atoms with Gasteiger partial charge in [0.1, 0.15) is 17.3 Å². The largest absolute Gasteiger partial charge is 0.437 e. The monoisotopic (exact) mass is 376 g/mol. The first-order valence-electron chi connectivity index (χ1n) is 9.50. The number of rotatable bonds is 7. The van der Waals surface area contributed by atoms with Crippen LogP contribution in [-0.2, 0) is 4.74 Å². The van der Waals surface area contributed by atoms with Crippen molar-refractivity contribution >= 4 is 17.2 Å². The maximum atomic E-state index is 6.12. The molecular formula is C22H24N4O2. The van der Waals surface area contributed by atoms with E-state index in [1.165, 1.54) is 0 Å². The lowest BCUT2D eigenvalue weighted by Gasteiger charge is -2.27. The van der Waals surface area contributed by atoms with Gasteiger partial charge in [-0.05, 0) is 61.4 Å². The smallest absolute Gasteiger partial charge is 0.243 e. The number of aromatic nitrogens is 2. The summed E-state index contributed by atoms with van der Waals surface area (Å²) in [7, 11) is 1.75. The molecule has 3 heterocycles. The number of methoxy groups -OCH3 is 1. The molecular weight excluding hydrogens is 352 g/mol. The van der Waals surface area contributed by atoms with Crippen LogP contribution in [0, 0.1) is 0 Å². The molecule has 2 aromatic heterocycles. The second kappa shape index (κ2) is 8.71. The molecule has 1 unspecified atom stereocenters. The second-order valence-corrected chi connectivity index (χ2v) is 6.74. The Morgan fingerprint density at radius 2 is 1.89 bits per heavy atom. The lowest BCUT2D eigenvalue weighted by atomic mass is 10.2. The van der Waals surface area contributed by atoms with Crippen molar-refractivity contribution in [3.63, 3.8) is 0 Å². The molecule has 1 atom stereocenters. The SMILES string of the molecule is COCC1CCCN1c1cccnc1Oc1ccc(Nc2ccccn2)cc1. The van der Waals surface area contributed by atoms with Crippen molar-refractivity contribution in [2.75, 3.05) is 30.5 Å². The predicted octanol–water partition coefficient (Wildman–Crippen LogP) is 4.63. The third kappa shape index (κ3) is 4.23. The van der Waals surface area contributed by atoms with Gasteiger partial charge in [-0.1, -0.05) is 6.07 Å². The van der Waals surface area contributed by atoms with Gasteiger partial charge in [-0.15, -0.1) is 0 Å². The molecule has 3 aromatic rings. The van der Waals surface area contributed by atoms with Gasteiger partial charge in [-0.2, -0.15) is 0 Å². The van der Waals surface area contributed by atoms with Gasteiger partial charge in [0, 0.05) is 31.7 Å². The van der Waals surface area contributed by atoms with Gasteiger partial charge in [0.15, 0.2) is 0 Å². The standard InChI is InChI=1S/C22H24N4O2/c1-27-16-18-6-5-15-26(18)20-7-4-14-24-22(20)28-19-11-9-17(10-12-19)25-21-8-2-3-13-23-21/h2-4,7-14,18H,5-6,15-16H2,1H3,(H,23,25). The van der Waals surface area contributed by atoms with Crippen LogP contribution in [0.1, 0.15) is 12.8 Å². The van der Waals surface area contributed by atoms with Gasteiger partial charge in [0.25, 0.3) is 0 Å². The van der Waals surface area contributed by atoms with Crippen LogP contribution in [0.3, 0.4) is 0 Å². The molecule has 1 aliphatic heterocycles. The molecule has 6 nitrogen and oxygen atoms in total. The van der Waals surface area contributed by atoms with E-state index in [1.807, 2.05) is 48.5 Å². The molecule has 0 saturated carbocycles. The van der Waals surface area contributed by atoms with E-state index in [0.717, 1.165) is 42.3 Å². The Morgan fingerprint density at radius 1 is 1.04 bits per heavy atom. The van der Waals surface area contributed by atoms with E-state index in [-0.39, 0.29) is 0 Å². The molecule has 1 saturated heterocycles. The van der Waals surface area contributed by atoms with E-state index < -0.39 is 0 Å². The van der Waals surface area contributed by atoms with Crippen LogP contribution in [0.15, 0.2) is 67.0 Å². The Kier molecular flexibility index (Phi) is 5.68. The second-order valence-electron chi connectivity index (χ2n) is 6.74. The van der Waals surface area contributed by atoms with Crippen LogP contribution in [0.2, 0.25) is 0 Å². The number of nitrogens with one attached hydrogen (secondary N) is 1. The van der Waals surface area contributed by atoms with Crippen LogP contribution in [-0.4, -0.2) is 36.3 Å². The average Bonchev–Trinajstić information content (AvgIpc) is 3.19. The minimum absolute atomic E-state index is 0.362. The van der Waals surface area contributed by atoms with Gasteiger partial charge in [0.05, 0.1) is 12.6 Å². The van der Waals surface area contributed by atoms with Crippen molar-refractivity contribution in [3.8, 4) is 11.6 Å². The molecule has 1 N–H and O–H groups in total. The highest BCUT2D eigenvalue weighted by atomic mass is 16.5. The lowest BCUT2D eigenvalue weighted by Crippen LogP contribution is -2.33. The summed E-state index contributed by atoms with van der Waals surface area (Å²) in [5.74, 6) is 2.17. The number of nitrogens with zero attached hydrogens (tertiary/aromatic N) is 3. The number of pyridine rings is 2. The summed E-state index contributed by atoms with van der Waals surface area (Å²) in [5.41, 5.74) is 1.96. The minimum atomic E-state index is 0.362. The maximum Gasteiger partial charge on any atom is 0.243 e. The van der Waals surface area contributed by atoms with Gasteiger partial charge in [0.2, 0.25) is 5.88 Å². The van der Waals surface area contributed by atoms with E-state index in [0.29, 0.717) is 18.5 Å². The maximum absolute atomic E-state index is 6.12. The fraction of sp³-hybridized carbons (Fsp3) is 0.273. The highest BCUT2D eigenvalue weighted by molar-refractivity contribution is 5.59. The summed E-state index contributed by atoms with van der Waals surface area (Å²) in [5, 5.41) is 3.27. The van der Waals surface area contributed by atoms with E-state index in [2.05, 4.69) is 26.3 Å². The molecule has 28 heavy (non-hydrogen) atoms. The third-order valence-electron chi connectivity index (χ3n) is 4.80. The molecule has 0 amide bonds. The van der Waals surface area contributed by atoms with Crippen LogP contribution in [0.4, 0.5) is 17.2 Å². The summed E-state index contributed by atoms with van der Waals surface area (Å²) < 4.78 is 11.5. The molecule has 1 aliphatic rings. The van der Waals surface area contributed by atoms with Crippen molar-refractivity contribution in [3.05, 3.63) is 67.0 Å². The summed E-state index contributed by atoms with van der Waals surface area (Å²) in [4.78, 5) is 11.1. The fourth-order valence-electron chi connectivity index (χ4n) is 3.50. The molecule has 1 aromatic carbocycles. The molecule has 144 valence electrons. The van der Waals surface area contributed by atoms with Gasteiger partial charge >= 0.3 is 0 Å². The Hall–Kier alpha value is -3.12. The van der Waals surface area contributed by atoms with E-state index >= 15 is 0 Å². The normalized spacial score (nSPS) is 16.2. The third-order valence-corrected chi connectivity index (χ3v) is 4.80. The van der Waals surface area contributed by atoms with Crippen LogP contribution < -0.4 is 15.0 Å². The Balaban J connectivity index is 1.49. The average molecular weight is 376 g/mol. The van der Waals surface area contributed by atoms with Gasteiger partial charge in [-0.3, -0.25) is 0 Å². The van der Waals surface area contributed by atoms with Crippen molar-refractivity contribution < 1.29 is 9.47 Å². The number of ether oxygens (including phenoxy) is 2. The van der Waals surface area contributed by atoms with E-state index in [1.54, 1.807) is 19.5 Å². The summed E-state index contributed by atoms with van der Waals surface area (Å²) in [6.45, 7) is 1.70. The zero-order chi connectivity index (χ0) is 19.2. The van der Waals surface area contributed by atoms with E-state index in [4.69, 9.17) is 9.47 Å². The Morgan fingerprint density at radius 3 is 2.68 bits per heavy atom. The highest BCUT2D eigenvalue weighted by Gasteiger charge is 2.27. The molecule has 1 fully saturated rings. The van der Waals surface area contributed by atoms with Crippen LogP contribution >= 0.6 is 0 Å². The number of anilines is 3. The molecule has 0 radical (unpaired) electrons. The first-order chi connectivity index (χ1) is 13.8. The van der Waals surface area contributed by atoms with Crippen molar-refractivity contribution in [1.82, 2.24) is 9.97 Å². The van der Waals surface area contributed by atoms with Crippen molar-refractivity contribution in [2.45, 2.75) is 18.9 Å². The summed E-state index contributed by atoms with van der Waals surface area (Å²) in [6.07, 6.45) is 5.79. The molecule has 4 rings (SSSR count). The Labute approximate surface area is 165 Å². The Bertz CT molecular complexity index is 887.